The third-order valence-electron chi connectivity index (χ3n) is 9.09. The van der Waals surface area contributed by atoms with Crippen molar-refractivity contribution in [3.05, 3.63) is 23.8 Å². The summed E-state index contributed by atoms with van der Waals surface area (Å²) in [4.78, 5) is 52.8. The molecule has 1 saturated heterocycles. The smallest absolute Gasteiger partial charge is 0.337 e. The molecule has 0 bridgehead atoms. The zero-order valence-electron chi connectivity index (χ0n) is 26.4. The molecule has 0 radical (unpaired) electrons. The second kappa shape index (κ2) is 15.0. The molecule has 10 heteroatoms. The summed E-state index contributed by atoms with van der Waals surface area (Å²) in [5, 5.41) is 33.1. The first-order valence-corrected chi connectivity index (χ1v) is 14.9. The molecule has 3 N–H and O–H groups in total. The molecule has 0 aromatic carbocycles. The highest BCUT2D eigenvalue weighted by Crippen LogP contribution is 2.47. The fourth-order valence-corrected chi connectivity index (χ4v) is 6.04. The van der Waals surface area contributed by atoms with Crippen LogP contribution in [0.15, 0.2) is 23.8 Å². The number of aliphatic hydroxyl groups excluding tert-OH is 3. The van der Waals surface area contributed by atoms with Crippen LogP contribution < -0.4 is 0 Å². The van der Waals surface area contributed by atoms with Gasteiger partial charge in [0.15, 0.2) is 6.10 Å². The van der Waals surface area contributed by atoms with Crippen LogP contribution in [-0.2, 0) is 33.4 Å². The first kappa shape index (κ1) is 36.0. The molecule has 2 aliphatic heterocycles. The molecule has 0 saturated carbocycles. The molecule has 0 amide bonds. The van der Waals surface area contributed by atoms with Crippen molar-refractivity contribution in [1.29, 1.82) is 0 Å². The molecule has 0 spiro atoms. The summed E-state index contributed by atoms with van der Waals surface area (Å²) in [6.07, 6.45) is -0.351. The highest BCUT2D eigenvalue weighted by Gasteiger charge is 2.62. The third-order valence-corrected chi connectivity index (χ3v) is 9.09. The van der Waals surface area contributed by atoms with E-state index in [9.17, 15) is 34.5 Å². The SMILES string of the molecule is C/C=C\[C@H](C)[C@@H]1O[C@]1(C)[C@@H](O)[C@H]1COC(=O)[C@H](O)[C@@H](OC)[C@H](C)C(=O)[C@H](C)[C@@H](O)/C(C)=C/[C@H](C)C(=O)CC[C@@H](C)C1=O. The Labute approximate surface area is 249 Å². The lowest BCUT2D eigenvalue weighted by Gasteiger charge is -2.30. The average molecular weight is 595 g/mol. The second-order valence-electron chi connectivity index (χ2n) is 12.4. The van der Waals surface area contributed by atoms with E-state index in [-0.39, 0.29) is 30.6 Å². The maximum Gasteiger partial charge on any atom is 0.337 e. The van der Waals surface area contributed by atoms with Crippen LogP contribution in [0, 0.1) is 35.5 Å². The number of ketones is 3. The molecule has 2 rings (SSSR count). The number of esters is 1. The van der Waals surface area contributed by atoms with Crippen molar-refractivity contribution in [2.75, 3.05) is 13.7 Å². The summed E-state index contributed by atoms with van der Waals surface area (Å²) in [5.41, 5.74) is -0.633. The monoisotopic (exact) mass is 594 g/mol. The predicted octanol–water partition coefficient (Wildman–Crippen LogP) is 2.60. The molecular formula is C32H50O10. The Bertz CT molecular complexity index is 1050. The van der Waals surface area contributed by atoms with Crippen molar-refractivity contribution in [2.24, 2.45) is 35.5 Å². The number of allylic oxidation sites excluding steroid dienone is 2. The van der Waals surface area contributed by atoms with Gasteiger partial charge in [0.05, 0.1) is 24.2 Å². The summed E-state index contributed by atoms with van der Waals surface area (Å²) >= 11 is 0. The standard InChI is InChI=1S/C32H50O10/c1-10-11-17(3)30-32(8,42-30)29(38)22-15-41-31(39)27(37)28(40-9)21(7)26(36)20(6)24(34)19(5)14-18(4)23(33)13-12-16(2)25(22)35/h10-11,14,16-18,20-22,24,27-30,34,37-38H,12-13,15H2,1-9H3/b11-10-,19-14+/t16-,17+,18+,20-,21-,22+,24+,27-,28+,29+,30+,32-/m1/s1. The molecule has 10 nitrogen and oxygen atoms in total. The Morgan fingerprint density at radius 3 is 2.24 bits per heavy atom. The number of rotatable bonds is 5. The van der Waals surface area contributed by atoms with Crippen LogP contribution in [0.2, 0.25) is 0 Å². The van der Waals surface area contributed by atoms with E-state index in [1.165, 1.54) is 21.0 Å². The van der Waals surface area contributed by atoms with Crippen molar-refractivity contribution in [1.82, 2.24) is 0 Å². The number of ether oxygens (including phenoxy) is 3. The quantitative estimate of drug-likeness (QED) is 0.245. The number of Topliss-reactive ketones (excluding diaryl/α,β-unsaturated/α-hetero) is 3. The Morgan fingerprint density at radius 1 is 1.05 bits per heavy atom. The van der Waals surface area contributed by atoms with E-state index >= 15 is 0 Å². The lowest BCUT2D eigenvalue weighted by Crippen LogP contribution is -2.48. The summed E-state index contributed by atoms with van der Waals surface area (Å²) < 4.78 is 16.6. The van der Waals surface area contributed by atoms with Crippen molar-refractivity contribution in [2.45, 2.75) is 104 Å². The van der Waals surface area contributed by atoms with E-state index in [0.29, 0.717) is 5.57 Å². The third kappa shape index (κ3) is 8.02. The van der Waals surface area contributed by atoms with Gasteiger partial charge in [0.25, 0.3) is 0 Å². The normalized spacial score (nSPS) is 41.0. The van der Waals surface area contributed by atoms with Gasteiger partial charge >= 0.3 is 5.97 Å². The van der Waals surface area contributed by atoms with Gasteiger partial charge < -0.3 is 29.5 Å². The average Bonchev–Trinajstić information content (AvgIpc) is 3.66. The zero-order valence-corrected chi connectivity index (χ0v) is 26.4. The topological polar surface area (TPSA) is 160 Å². The number of carbonyl (C=O) groups excluding carboxylic acids is 4. The van der Waals surface area contributed by atoms with Crippen molar-refractivity contribution in [3.8, 4) is 0 Å². The van der Waals surface area contributed by atoms with E-state index < -0.39 is 83.7 Å². The minimum atomic E-state index is -1.87. The van der Waals surface area contributed by atoms with E-state index in [1.54, 1.807) is 33.8 Å². The summed E-state index contributed by atoms with van der Waals surface area (Å²) in [7, 11) is 1.24. The highest BCUT2D eigenvalue weighted by atomic mass is 16.6. The highest BCUT2D eigenvalue weighted by molar-refractivity contribution is 5.88. The Hall–Kier alpha value is -2.24. The van der Waals surface area contributed by atoms with Crippen LogP contribution in [0.1, 0.15) is 68.2 Å². The van der Waals surface area contributed by atoms with Crippen LogP contribution in [0.5, 0.6) is 0 Å². The number of cyclic esters (lactones) is 1. The maximum atomic E-state index is 13.7. The minimum Gasteiger partial charge on any atom is -0.463 e. The molecule has 238 valence electrons. The van der Waals surface area contributed by atoms with Gasteiger partial charge in [0.1, 0.15) is 35.7 Å². The minimum absolute atomic E-state index is 0.0382. The lowest BCUT2D eigenvalue weighted by atomic mass is 9.79. The van der Waals surface area contributed by atoms with Crippen LogP contribution in [0.4, 0.5) is 0 Å². The molecular weight excluding hydrogens is 544 g/mol. The van der Waals surface area contributed by atoms with E-state index in [0.717, 1.165) is 0 Å². The molecule has 12 atom stereocenters. The Kier molecular flexibility index (Phi) is 12.8. The van der Waals surface area contributed by atoms with Crippen LogP contribution in [0.3, 0.4) is 0 Å². The van der Waals surface area contributed by atoms with Crippen molar-refractivity contribution >= 4 is 23.3 Å². The first-order chi connectivity index (χ1) is 19.5. The first-order valence-electron chi connectivity index (χ1n) is 14.9. The molecule has 2 heterocycles. The van der Waals surface area contributed by atoms with Gasteiger partial charge in [-0.1, -0.05) is 52.8 Å². The van der Waals surface area contributed by atoms with E-state index in [1.807, 2.05) is 26.0 Å². The van der Waals surface area contributed by atoms with Gasteiger partial charge in [-0.05, 0) is 32.8 Å². The Balaban J connectivity index is 2.45. The van der Waals surface area contributed by atoms with Crippen molar-refractivity contribution in [3.63, 3.8) is 0 Å². The van der Waals surface area contributed by atoms with E-state index in [4.69, 9.17) is 14.2 Å². The lowest BCUT2D eigenvalue weighted by molar-refractivity contribution is -0.168. The maximum absolute atomic E-state index is 13.7. The van der Waals surface area contributed by atoms with Crippen LogP contribution in [0.25, 0.3) is 0 Å². The second-order valence-corrected chi connectivity index (χ2v) is 12.4. The zero-order chi connectivity index (χ0) is 32.1. The summed E-state index contributed by atoms with van der Waals surface area (Å²) in [5.74, 6) is -6.48. The predicted molar refractivity (Wildman–Crippen MR) is 155 cm³/mol. The Morgan fingerprint density at radius 2 is 1.67 bits per heavy atom. The number of hydrogen-bond donors (Lipinski definition) is 3. The molecule has 0 aliphatic carbocycles. The summed E-state index contributed by atoms with van der Waals surface area (Å²) in [6.45, 7) is 13.0. The molecule has 0 unspecified atom stereocenters. The molecule has 42 heavy (non-hydrogen) atoms. The van der Waals surface area contributed by atoms with Gasteiger partial charge in [0, 0.05) is 43.1 Å². The van der Waals surface area contributed by atoms with Gasteiger partial charge in [-0.25, -0.2) is 4.79 Å². The number of epoxide rings is 1. The number of carbonyl (C=O) groups is 4. The number of methoxy groups -OCH3 is 1. The van der Waals surface area contributed by atoms with Crippen LogP contribution >= 0.6 is 0 Å². The van der Waals surface area contributed by atoms with Crippen LogP contribution in [-0.4, -0.2) is 88.5 Å². The van der Waals surface area contributed by atoms with E-state index in [2.05, 4.69) is 0 Å². The van der Waals surface area contributed by atoms with Gasteiger partial charge in [-0.2, -0.15) is 0 Å². The van der Waals surface area contributed by atoms with Gasteiger partial charge in [-0.3, -0.25) is 14.4 Å². The van der Waals surface area contributed by atoms with Crippen molar-refractivity contribution < 1.29 is 48.7 Å². The molecule has 0 aromatic heterocycles. The fraction of sp³-hybridized carbons (Fsp3) is 0.750. The fourth-order valence-electron chi connectivity index (χ4n) is 6.04. The number of aliphatic hydroxyl groups is 3. The molecule has 2 aliphatic rings. The number of hydrogen-bond acceptors (Lipinski definition) is 10. The van der Waals surface area contributed by atoms with Gasteiger partial charge in [-0.15, -0.1) is 0 Å². The molecule has 0 aromatic rings. The summed E-state index contributed by atoms with van der Waals surface area (Å²) in [6, 6.07) is 0. The van der Waals surface area contributed by atoms with Gasteiger partial charge in [0.2, 0.25) is 0 Å². The largest absolute Gasteiger partial charge is 0.463 e. The molecule has 1 fully saturated rings.